The Morgan fingerprint density at radius 3 is 3.04 bits per heavy atom. The van der Waals surface area contributed by atoms with Crippen molar-refractivity contribution in [2.75, 3.05) is 6.79 Å². The summed E-state index contributed by atoms with van der Waals surface area (Å²) in [5.74, 6) is 1.21. The molecule has 1 aliphatic rings. The van der Waals surface area contributed by atoms with E-state index in [0.29, 0.717) is 23.9 Å². The zero-order valence-electron chi connectivity index (χ0n) is 14.1. The predicted octanol–water partition coefficient (Wildman–Crippen LogP) is 2.88. The number of hydrogen-bond donors (Lipinski definition) is 2. The lowest BCUT2D eigenvalue weighted by atomic mass is 10.1. The van der Waals surface area contributed by atoms with Gasteiger partial charge < -0.3 is 24.3 Å². The maximum Gasteiger partial charge on any atom is 0.316 e. The van der Waals surface area contributed by atoms with Crippen LogP contribution in [0.1, 0.15) is 16.2 Å². The molecule has 8 heteroatoms. The van der Waals surface area contributed by atoms with Crippen molar-refractivity contribution in [3.63, 3.8) is 0 Å². The quantitative estimate of drug-likeness (QED) is 0.579. The normalized spacial score (nSPS) is 12.4. The van der Waals surface area contributed by atoms with Gasteiger partial charge in [0.25, 0.3) is 0 Å². The number of aromatic nitrogens is 3. The van der Waals surface area contributed by atoms with Crippen LogP contribution in [0.5, 0.6) is 11.5 Å². The lowest BCUT2D eigenvalue weighted by Gasteiger charge is -2.03. The smallest absolute Gasteiger partial charge is 0.316 e. The minimum atomic E-state index is -0.437. The Bertz CT molecular complexity index is 1150. The molecule has 1 amide bonds. The highest BCUT2D eigenvalue weighted by atomic mass is 16.7. The summed E-state index contributed by atoms with van der Waals surface area (Å²) < 4.78 is 15.7. The number of fused-ring (bicyclic) bond motifs is 2. The fourth-order valence-corrected chi connectivity index (χ4v) is 3.01. The lowest BCUT2D eigenvalue weighted by molar-refractivity contribution is 0.0907. The second-order valence-electron chi connectivity index (χ2n) is 6.04. The maximum absolute atomic E-state index is 12.3. The molecule has 0 atom stereocenters. The number of H-pyrrole nitrogens is 1. The molecule has 8 nitrogen and oxygen atoms in total. The molecule has 2 N–H and O–H groups in total. The first-order chi connectivity index (χ1) is 13.3. The maximum atomic E-state index is 12.3. The SMILES string of the molecule is O=C(NCc1ccc2c(c1)OCO2)c1nc(-c2cccc3[nH]ccc23)no1. The summed E-state index contributed by atoms with van der Waals surface area (Å²) in [7, 11) is 0. The zero-order chi connectivity index (χ0) is 18.2. The van der Waals surface area contributed by atoms with Crippen LogP contribution in [0.2, 0.25) is 0 Å². The van der Waals surface area contributed by atoms with Crippen LogP contribution < -0.4 is 14.8 Å². The van der Waals surface area contributed by atoms with E-state index in [1.54, 1.807) is 0 Å². The van der Waals surface area contributed by atoms with Gasteiger partial charge in [0, 0.05) is 29.2 Å². The van der Waals surface area contributed by atoms with Gasteiger partial charge in [0.15, 0.2) is 11.5 Å². The summed E-state index contributed by atoms with van der Waals surface area (Å²) in [6, 6.07) is 13.2. The molecule has 3 heterocycles. The third-order valence-electron chi connectivity index (χ3n) is 4.35. The topological polar surface area (TPSA) is 102 Å². The summed E-state index contributed by atoms with van der Waals surface area (Å²) in [5.41, 5.74) is 2.64. The molecule has 134 valence electrons. The van der Waals surface area contributed by atoms with E-state index in [9.17, 15) is 4.79 Å². The van der Waals surface area contributed by atoms with E-state index >= 15 is 0 Å². The molecule has 0 bridgehead atoms. The van der Waals surface area contributed by atoms with Crippen LogP contribution in [0, 0.1) is 0 Å². The predicted molar refractivity (Wildman–Crippen MR) is 95.3 cm³/mol. The van der Waals surface area contributed by atoms with Crippen molar-refractivity contribution in [2.45, 2.75) is 6.54 Å². The summed E-state index contributed by atoms with van der Waals surface area (Å²) in [4.78, 5) is 19.7. The first-order valence-corrected chi connectivity index (χ1v) is 8.35. The van der Waals surface area contributed by atoms with Crippen LogP contribution in [0.4, 0.5) is 0 Å². The fourth-order valence-electron chi connectivity index (χ4n) is 3.01. The number of rotatable bonds is 4. The van der Waals surface area contributed by atoms with Gasteiger partial charge >= 0.3 is 11.8 Å². The number of carbonyl (C=O) groups excluding carboxylic acids is 1. The first kappa shape index (κ1) is 15.4. The average molecular weight is 362 g/mol. The average Bonchev–Trinajstić information content (AvgIpc) is 3.45. The highest BCUT2D eigenvalue weighted by Crippen LogP contribution is 2.32. The van der Waals surface area contributed by atoms with Gasteiger partial charge in [0.1, 0.15) is 0 Å². The standard InChI is InChI=1S/C19H14N4O4/c24-18(21-9-11-4-5-15-16(8-11)26-10-25-15)19-22-17(23-27-19)13-2-1-3-14-12(13)6-7-20-14/h1-8,20H,9-10H2,(H,21,24). The lowest BCUT2D eigenvalue weighted by Crippen LogP contribution is -2.23. The van der Waals surface area contributed by atoms with Crippen molar-refractivity contribution < 1.29 is 18.8 Å². The first-order valence-electron chi connectivity index (χ1n) is 8.35. The number of nitrogens with one attached hydrogen (secondary N) is 2. The highest BCUT2D eigenvalue weighted by Gasteiger charge is 2.18. The molecule has 0 unspecified atom stereocenters. The van der Waals surface area contributed by atoms with Gasteiger partial charge in [-0.3, -0.25) is 4.79 Å². The number of ether oxygens (including phenoxy) is 2. The Labute approximate surface area is 153 Å². The summed E-state index contributed by atoms with van der Waals surface area (Å²) in [6.45, 7) is 0.518. The summed E-state index contributed by atoms with van der Waals surface area (Å²) in [6.07, 6.45) is 1.84. The van der Waals surface area contributed by atoms with Crippen LogP contribution in [0.25, 0.3) is 22.3 Å². The monoisotopic (exact) mass is 362 g/mol. The van der Waals surface area contributed by atoms with E-state index in [2.05, 4.69) is 20.4 Å². The molecule has 5 rings (SSSR count). The van der Waals surface area contributed by atoms with Crippen molar-refractivity contribution in [2.24, 2.45) is 0 Å². The molecule has 0 aliphatic carbocycles. The van der Waals surface area contributed by atoms with Crippen molar-refractivity contribution in [3.8, 4) is 22.9 Å². The number of hydrogen-bond acceptors (Lipinski definition) is 6. The van der Waals surface area contributed by atoms with Crippen LogP contribution in [-0.4, -0.2) is 27.8 Å². The van der Waals surface area contributed by atoms with Gasteiger partial charge in [-0.2, -0.15) is 4.98 Å². The fraction of sp³-hybridized carbons (Fsp3) is 0.105. The highest BCUT2D eigenvalue weighted by molar-refractivity contribution is 5.94. The Morgan fingerprint density at radius 2 is 2.07 bits per heavy atom. The van der Waals surface area contributed by atoms with Gasteiger partial charge in [-0.25, -0.2) is 0 Å². The number of benzene rings is 2. The third-order valence-corrected chi connectivity index (χ3v) is 4.35. The Kier molecular flexibility index (Phi) is 3.53. The summed E-state index contributed by atoms with van der Waals surface area (Å²) >= 11 is 0. The molecule has 2 aromatic heterocycles. The van der Waals surface area contributed by atoms with Crippen LogP contribution in [0.3, 0.4) is 0 Å². The van der Waals surface area contributed by atoms with Gasteiger partial charge in [-0.15, -0.1) is 0 Å². The largest absolute Gasteiger partial charge is 0.454 e. The van der Waals surface area contributed by atoms with E-state index in [0.717, 1.165) is 22.0 Å². The molecule has 0 radical (unpaired) electrons. The van der Waals surface area contributed by atoms with Crippen molar-refractivity contribution in [1.29, 1.82) is 0 Å². The van der Waals surface area contributed by atoms with Crippen LogP contribution >= 0.6 is 0 Å². The molecule has 1 aliphatic heterocycles. The van der Waals surface area contributed by atoms with Gasteiger partial charge in [0.2, 0.25) is 12.6 Å². The Balaban J connectivity index is 1.32. The second kappa shape index (κ2) is 6.17. The minimum absolute atomic E-state index is 0.0849. The third kappa shape index (κ3) is 2.77. The van der Waals surface area contributed by atoms with Crippen LogP contribution in [0.15, 0.2) is 53.2 Å². The van der Waals surface area contributed by atoms with E-state index < -0.39 is 5.91 Å². The molecule has 0 spiro atoms. The van der Waals surface area contributed by atoms with Gasteiger partial charge in [0.05, 0.1) is 0 Å². The number of amides is 1. The molecular weight excluding hydrogens is 348 g/mol. The number of carbonyl (C=O) groups is 1. The van der Waals surface area contributed by atoms with E-state index in [1.807, 2.05) is 48.7 Å². The Morgan fingerprint density at radius 1 is 1.15 bits per heavy atom. The van der Waals surface area contributed by atoms with Gasteiger partial charge in [-0.05, 0) is 29.8 Å². The van der Waals surface area contributed by atoms with Crippen molar-refractivity contribution in [3.05, 3.63) is 60.1 Å². The van der Waals surface area contributed by atoms with Crippen molar-refractivity contribution in [1.82, 2.24) is 20.4 Å². The second-order valence-corrected chi connectivity index (χ2v) is 6.04. The molecule has 27 heavy (non-hydrogen) atoms. The molecule has 0 saturated heterocycles. The molecule has 0 saturated carbocycles. The van der Waals surface area contributed by atoms with Crippen molar-refractivity contribution >= 4 is 16.8 Å². The molecular formula is C19H14N4O4. The molecule has 2 aromatic carbocycles. The zero-order valence-corrected chi connectivity index (χ0v) is 14.1. The molecule has 4 aromatic rings. The molecule has 0 fully saturated rings. The Hall–Kier alpha value is -3.81. The minimum Gasteiger partial charge on any atom is -0.454 e. The van der Waals surface area contributed by atoms with E-state index in [-0.39, 0.29) is 12.7 Å². The van der Waals surface area contributed by atoms with E-state index in [4.69, 9.17) is 14.0 Å². The number of aromatic amines is 1. The van der Waals surface area contributed by atoms with E-state index in [1.165, 1.54) is 0 Å². The van der Waals surface area contributed by atoms with Gasteiger partial charge in [-0.1, -0.05) is 23.4 Å². The van der Waals surface area contributed by atoms with Crippen LogP contribution in [-0.2, 0) is 6.54 Å². The summed E-state index contributed by atoms with van der Waals surface area (Å²) in [5, 5.41) is 7.67. The number of nitrogens with zero attached hydrogens (tertiary/aromatic N) is 2.